The zero-order valence-corrected chi connectivity index (χ0v) is 17.3. The van der Waals surface area contributed by atoms with Crippen LogP contribution in [-0.4, -0.2) is 63.4 Å². The molecular weight excluding hydrogens is 384 g/mol. The Morgan fingerprint density at radius 3 is 2.64 bits per heavy atom. The Morgan fingerprint density at radius 1 is 1.25 bits per heavy atom. The van der Waals surface area contributed by atoms with E-state index >= 15 is 0 Å². The van der Waals surface area contributed by atoms with E-state index in [1.807, 2.05) is 32.0 Å². The molecule has 1 aromatic carbocycles. The maximum absolute atomic E-state index is 12.3. The second-order valence-electron chi connectivity index (χ2n) is 7.58. The van der Waals surface area contributed by atoms with Crippen LogP contribution >= 0.6 is 0 Å². The van der Waals surface area contributed by atoms with Crippen molar-refractivity contribution in [2.24, 2.45) is 0 Å². The molecule has 2 aliphatic heterocycles. The number of hydrogen-bond donors (Lipinski definition) is 2. The van der Waals surface area contributed by atoms with Crippen molar-refractivity contribution in [3.8, 4) is 0 Å². The van der Waals surface area contributed by atoms with Crippen molar-refractivity contribution in [2.45, 2.75) is 50.8 Å². The topological polar surface area (TPSA) is 103 Å². The third-order valence-corrected chi connectivity index (χ3v) is 6.38. The van der Waals surface area contributed by atoms with Crippen LogP contribution in [0.1, 0.15) is 37.6 Å². The van der Waals surface area contributed by atoms with Crippen LogP contribution in [-0.2, 0) is 24.2 Å². The molecule has 2 saturated heterocycles. The Labute approximate surface area is 166 Å². The number of benzene rings is 1. The van der Waals surface area contributed by atoms with E-state index in [1.165, 1.54) is 0 Å². The molecule has 0 radical (unpaired) electrons. The van der Waals surface area contributed by atoms with Gasteiger partial charge in [-0.1, -0.05) is 18.2 Å². The number of hydrogen-bond acceptors (Lipinski definition) is 6. The van der Waals surface area contributed by atoms with Crippen LogP contribution in [0.15, 0.2) is 30.3 Å². The first-order chi connectivity index (χ1) is 13.2. The summed E-state index contributed by atoms with van der Waals surface area (Å²) in [6, 6.07) is 8.99. The third kappa shape index (κ3) is 4.72. The second-order valence-corrected chi connectivity index (χ2v) is 9.67. The average molecular weight is 413 g/mol. The van der Waals surface area contributed by atoms with E-state index in [0.717, 1.165) is 0 Å². The fraction of sp³-hybridized carbons (Fsp3) is 0.632. The van der Waals surface area contributed by atoms with Gasteiger partial charge in [0.1, 0.15) is 17.8 Å². The van der Waals surface area contributed by atoms with Crippen LogP contribution in [0.4, 0.5) is 0 Å². The standard InChI is InChI=1S/C19H28N2O6S/c1-4-28(23,24)21-12-15-16-19(13-25-15,27-18(2,3)26-16)10-11-20-17(22)14-8-6-5-7-9-14/h5-9,15-16,21H,4,10-13H2,1-3H3,(H,20,22)/t15-,16-,19+/m1/s1. The maximum Gasteiger partial charge on any atom is 0.251 e. The Bertz CT molecular complexity index is 798. The third-order valence-electron chi connectivity index (χ3n) is 5.01. The van der Waals surface area contributed by atoms with Crippen molar-refractivity contribution >= 4 is 15.9 Å². The fourth-order valence-corrected chi connectivity index (χ4v) is 4.29. The van der Waals surface area contributed by atoms with E-state index in [-0.39, 0.29) is 24.8 Å². The van der Waals surface area contributed by atoms with E-state index < -0.39 is 33.6 Å². The van der Waals surface area contributed by atoms with Crippen LogP contribution in [0.3, 0.4) is 0 Å². The van der Waals surface area contributed by atoms with Crippen molar-refractivity contribution in [3.05, 3.63) is 35.9 Å². The van der Waals surface area contributed by atoms with Gasteiger partial charge in [0.25, 0.3) is 5.91 Å². The molecule has 0 spiro atoms. The van der Waals surface area contributed by atoms with Gasteiger partial charge in [-0.3, -0.25) is 4.79 Å². The molecule has 3 atom stereocenters. The van der Waals surface area contributed by atoms with Crippen LogP contribution < -0.4 is 10.0 Å². The van der Waals surface area contributed by atoms with Gasteiger partial charge in [0, 0.05) is 18.7 Å². The Morgan fingerprint density at radius 2 is 1.96 bits per heavy atom. The summed E-state index contributed by atoms with van der Waals surface area (Å²) >= 11 is 0. The highest BCUT2D eigenvalue weighted by molar-refractivity contribution is 7.89. The highest BCUT2D eigenvalue weighted by atomic mass is 32.2. The number of ether oxygens (including phenoxy) is 3. The van der Waals surface area contributed by atoms with E-state index in [0.29, 0.717) is 18.5 Å². The lowest BCUT2D eigenvalue weighted by atomic mass is 9.93. The van der Waals surface area contributed by atoms with Crippen molar-refractivity contribution in [1.82, 2.24) is 10.0 Å². The molecule has 156 valence electrons. The van der Waals surface area contributed by atoms with Crippen molar-refractivity contribution in [3.63, 3.8) is 0 Å². The SMILES string of the molecule is CCS(=O)(=O)NC[C@H]1OC[C@]2(CCNC(=O)c3ccccc3)OC(C)(C)O[C@H]12. The first kappa shape index (κ1) is 21.2. The minimum atomic E-state index is -3.33. The number of nitrogens with one attached hydrogen (secondary N) is 2. The van der Waals surface area contributed by atoms with Gasteiger partial charge in [0.2, 0.25) is 10.0 Å². The lowest BCUT2D eigenvalue weighted by molar-refractivity contribution is -0.190. The van der Waals surface area contributed by atoms with Crippen LogP contribution in [0.5, 0.6) is 0 Å². The highest BCUT2D eigenvalue weighted by Crippen LogP contribution is 2.45. The molecule has 1 amide bonds. The molecule has 2 aliphatic rings. The van der Waals surface area contributed by atoms with E-state index in [2.05, 4.69) is 10.0 Å². The molecule has 9 heteroatoms. The first-order valence-electron chi connectivity index (χ1n) is 9.46. The molecule has 2 fully saturated rings. The molecule has 2 N–H and O–H groups in total. The molecule has 0 aliphatic carbocycles. The summed E-state index contributed by atoms with van der Waals surface area (Å²) < 4.78 is 44.1. The van der Waals surface area contributed by atoms with Gasteiger partial charge < -0.3 is 19.5 Å². The largest absolute Gasteiger partial charge is 0.371 e. The summed E-state index contributed by atoms with van der Waals surface area (Å²) in [5.74, 6) is -0.957. The number of amides is 1. The summed E-state index contributed by atoms with van der Waals surface area (Å²) in [6.07, 6.45) is -0.375. The maximum atomic E-state index is 12.3. The quantitative estimate of drug-likeness (QED) is 0.661. The minimum Gasteiger partial charge on any atom is -0.371 e. The molecular formula is C19H28N2O6S. The average Bonchev–Trinajstić information content (AvgIpc) is 3.10. The number of carbonyl (C=O) groups is 1. The van der Waals surface area contributed by atoms with Crippen LogP contribution in [0.25, 0.3) is 0 Å². The fourth-order valence-electron chi connectivity index (χ4n) is 3.67. The van der Waals surface area contributed by atoms with Gasteiger partial charge >= 0.3 is 0 Å². The van der Waals surface area contributed by atoms with Gasteiger partial charge in [-0.15, -0.1) is 0 Å². The molecule has 3 rings (SSSR count). The van der Waals surface area contributed by atoms with E-state index in [1.54, 1.807) is 19.1 Å². The predicted octanol–water partition coefficient (Wildman–Crippen LogP) is 1.03. The molecule has 0 aromatic heterocycles. The van der Waals surface area contributed by atoms with E-state index in [4.69, 9.17) is 14.2 Å². The van der Waals surface area contributed by atoms with Crippen LogP contribution in [0.2, 0.25) is 0 Å². The summed E-state index contributed by atoms with van der Waals surface area (Å²) in [5.41, 5.74) is -0.134. The number of carbonyl (C=O) groups excluding carboxylic acids is 1. The monoisotopic (exact) mass is 412 g/mol. The molecule has 8 nitrogen and oxygen atoms in total. The van der Waals surface area contributed by atoms with Gasteiger partial charge in [0.15, 0.2) is 5.79 Å². The number of fused-ring (bicyclic) bond motifs is 1. The minimum absolute atomic E-state index is 0.00387. The van der Waals surface area contributed by atoms with Gasteiger partial charge in [-0.2, -0.15) is 0 Å². The van der Waals surface area contributed by atoms with Gasteiger partial charge in [-0.25, -0.2) is 13.1 Å². The summed E-state index contributed by atoms with van der Waals surface area (Å²) in [6.45, 7) is 6.02. The van der Waals surface area contributed by atoms with E-state index in [9.17, 15) is 13.2 Å². The Kier molecular flexibility index (Phi) is 6.11. The molecule has 2 heterocycles. The second kappa shape index (κ2) is 8.08. The number of rotatable bonds is 8. The summed E-state index contributed by atoms with van der Waals surface area (Å²) in [4.78, 5) is 12.3. The van der Waals surface area contributed by atoms with Crippen molar-refractivity contribution in [1.29, 1.82) is 0 Å². The van der Waals surface area contributed by atoms with Crippen molar-refractivity contribution in [2.75, 3.05) is 25.4 Å². The normalized spacial score (nSPS) is 28.8. The van der Waals surface area contributed by atoms with Gasteiger partial charge in [-0.05, 0) is 39.3 Å². The Balaban J connectivity index is 1.62. The zero-order chi connectivity index (χ0) is 20.4. The Hall–Kier alpha value is -1.52. The highest BCUT2D eigenvalue weighted by Gasteiger charge is 2.60. The summed E-state index contributed by atoms with van der Waals surface area (Å²) in [5, 5.41) is 2.90. The predicted molar refractivity (Wildman–Crippen MR) is 103 cm³/mol. The first-order valence-corrected chi connectivity index (χ1v) is 11.1. The molecule has 1 aromatic rings. The molecule has 0 saturated carbocycles. The molecule has 28 heavy (non-hydrogen) atoms. The molecule has 0 unspecified atom stereocenters. The lowest BCUT2D eigenvalue weighted by Crippen LogP contribution is -2.46. The van der Waals surface area contributed by atoms with Gasteiger partial charge in [0.05, 0.1) is 12.4 Å². The zero-order valence-electron chi connectivity index (χ0n) is 16.4. The number of sulfonamides is 1. The van der Waals surface area contributed by atoms with Crippen LogP contribution in [0, 0.1) is 0 Å². The molecule has 0 bridgehead atoms. The van der Waals surface area contributed by atoms with Crippen molar-refractivity contribution < 1.29 is 27.4 Å². The lowest BCUT2D eigenvalue weighted by Gasteiger charge is -2.27. The summed E-state index contributed by atoms with van der Waals surface area (Å²) in [7, 11) is -3.33. The smallest absolute Gasteiger partial charge is 0.251 e.